The van der Waals surface area contributed by atoms with Crippen molar-refractivity contribution in [1.82, 2.24) is 14.8 Å². The number of likely N-dealkylation sites (N-methyl/N-ethyl adjacent to an activating group) is 1. The van der Waals surface area contributed by atoms with E-state index in [-0.39, 0.29) is 11.7 Å². The maximum absolute atomic E-state index is 13.3. The Morgan fingerprint density at radius 2 is 1.76 bits per heavy atom. The minimum Gasteiger partial charge on any atom is -0.337 e. The number of hydrogen-bond acceptors (Lipinski definition) is 3. The average Bonchev–Trinajstić information content (AvgIpc) is 2.61. The van der Waals surface area contributed by atoms with E-state index in [1.54, 1.807) is 24.5 Å². The zero-order chi connectivity index (χ0) is 18.2. The van der Waals surface area contributed by atoms with Crippen molar-refractivity contribution in [3.63, 3.8) is 0 Å². The third kappa shape index (κ3) is 5.36. The molecule has 1 aromatic carbocycles. The van der Waals surface area contributed by atoms with Crippen LogP contribution in [0.1, 0.15) is 36.9 Å². The Labute approximate surface area is 149 Å². The summed E-state index contributed by atoms with van der Waals surface area (Å²) in [5, 5.41) is 0. The van der Waals surface area contributed by atoms with Gasteiger partial charge < -0.3 is 4.90 Å². The molecule has 0 spiro atoms. The zero-order valence-corrected chi connectivity index (χ0v) is 15.2. The lowest BCUT2D eigenvalue weighted by atomic mass is 10.0. The molecule has 0 radical (unpaired) electrons. The number of benzene rings is 1. The molecule has 0 fully saturated rings. The molecule has 0 bridgehead atoms. The minimum absolute atomic E-state index is 0.0295. The molecule has 5 heteroatoms. The monoisotopic (exact) mass is 343 g/mol. The molecule has 0 saturated heterocycles. The second-order valence-electron chi connectivity index (χ2n) is 6.39. The van der Waals surface area contributed by atoms with Crippen LogP contribution in [0.15, 0.2) is 48.8 Å². The molecular formula is C20H26FN3O. The van der Waals surface area contributed by atoms with Crippen LogP contribution < -0.4 is 0 Å². The molecule has 0 aliphatic rings. The van der Waals surface area contributed by atoms with Crippen LogP contribution in [0, 0.1) is 5.82 Å². The van der Waals surface area contributed by atoms with E-state index in [1.165, 1.54) is 12.1 Å². The van der Waals surface area contributed by atoms with E-state index in [4.69, 9.17) is 0 Å². The van der Waals surface area contributed by atoms with Crippen molar-refractivity contribution in [2.45, 2.75) is 32.4 Å². The third-order valence-electron chi connectivity index (χ3n) is 4.15. The fraction of sp³-hybridized carbons (Fsp3) is 0.400. The van der Waals surface area contributed by atoms with Gasteiger partial charge in [0, 0.05) is 25.5 Å². The first-order valence-electron chi connectivity index (χ1n) is 8.62. The number of carbonyl (C=O) groups is 1. The number of hydrogen-bond donors (Lipinski definition) is 0. The van der Waals surface area contributed by atoms with Crippen LogP contribution >= 0.6 is 0 Å². The Balaban J connectivity index is 2.25. The first-order chi connectivity index (χ1) is 12.0. The van der Waals surface area contributed by atoms with Crippen molar-refractivity contribution in [2.75, 3.05) is 20.6 Å². The van der Waals surface area contributed by atoms with Crippen molar-refractivity contribution in [2.24, 2.45) is 0 Å². The van der Waals surface area contributed by atoms with Crippen molar-refractivity contribution in [3.05, 3.63) is 65.7 Å². The highest BCUT2D eigenvalue weighted by Gasteiger charge is 2.27. The van der Waals surface area contributed by atoms with Gasteiger partial charge in [-0.3, -0.25) is 14.7 Å². The Kier molecular flexibility index (Phi) is 7.07. The summed E-state index contributed by atoms with van der Waals surface area (Å²) in [7, 11) is 3.74. The first kappa shape index (κ1) is 19.1. The molecule has 2 aromatic rings. The highest BCUT2D eigenvalue weighted by Crippen LogP contribution is 2.23. The summed E-state index contributed by atoms with van der Waals surface area (Å²) < 4.78 is 13.3. The maximum Gasteiger partial charge on any atom is 0.244 e. The largest absolute Gasteiger partial charge is 0.337 e. The molecule has 0 aliphatic heterocycles. The van der Waals surface area contributed by atoms with E-state index in [0.717, 1.165) is 24.0 Å². The normalized spacial score (nSPS) is 12.2. The Hall–Kier alpha value is -2.27. The predicted octanol–water partition coefficient (Wildman–Crippen LogP) is 3.65. The Morgan fingerprint density at radius 3 is 2.32 bits per heavy atom. The quantitative estimate of drug-likeness (QED) is 0.734. The summed E-state index contributed by atoms with van der Waals surface area (Å²) >= 11 is 0. The summed E-state index contributed by atoms with van der Waals surface area (Å²) in [6.07, 6.45) is 5.44. The Bertz CT molecular complexity index is 658. The molecule has 25 heavy (non-hydrogen) atoms. The van der Waals surface area contributed by atoms with Crippen molar-refractivity contribution < 1.29 is 9.18 Å². The highest BCUT2D eigenvalue weighted by atomic mass is 19.1. The van der Waals surface area contributed by atoms with Crippen molar-refractivity contribution >= 4 is 5.91 Å². The molecule has 1 atom stereocenters. The lowest BCUT2D eigenvalue weighted by molar-refractivity contribution is -0.137. The van der Waals surface area contributed by atoms with Crippen LogP contribution in [0.5, 0.6) is 0 Å². The van der Waals surface area contributed by atoms with Gasteiger partial charge >= 0.3 is 0 Å². The summed E-state index contributed by atoms with van der Waals surface area (Å²) in [6, 6.07) is 9.59. The predicted molar refractivity (Wildman–Crippen MR) is 97.4 cm³/mol. The topological polar surface area (TPSA) is 36.4 Å². The van der Waals surface area contributed by atoms with Crippen LogP contribution in [0.25, 0.3) is 0 Å². The fourth-order valence-corrected chi connectivity index (χ4v) is 2.80. The molecule has 0 N–H and O–H groups in total. The number of aromatic nitrogens is 1. The number of rotatable bonds is 8. The SMILES string of the molecule is CCCCN(Cc1ccncc1)C(=O)C(c1ccc(F)cc1)N(C)C. The summed E-state index contributed by atoms with van der Waals surface area (Å²) in [5.41, 5.74) is 1.85. The van der Waals surface area contributed by atoms with Gasteiger partial charge in [0.25, 0.3) is 0 Å². The maximum atomic E-state index is 13.3. The number of carbonyl (C=O) groups excluding carboxylic acids is 1. The number of pyridine rings is 1. The summed E-state index contributed by atoms with van der Waals surface area (Å²) in [5.74, 6) is -0.268. The van der Waals surface area contributed by atoms with Gasteiger partial charge in [-0.2, -0.15) is 0 Å². The van der Waals surface area contributed by atoms with E-state index in [9.17, 15) is 9.18 Å². The van der Waals surface area contributed by atoms with Crippen LogP contribution in [0.2, 0.25) is 0 Å². The molecule has 1 amide bonds. The van der Waals surface area contributed by atoms with E-state index >= 15 is 0 Å². The van der Waals surface area contributed by atoms with E-state index in [2.05, 4.69) is 11.9 Å². The van der Waals surface area contributed by atoms with Gasteiger partial charge in [0.2, 0.25) is 5.91 Å². The molecule has 1 heterocycles. The Morgan fingerprint density at radius 1 is 1.12 bits per heavy atom. The van der Waals surface area contributed by atoms with Gasteiger partial charge in [0.1, 0.15) is 11.9 Å². The van der Waals surface area contributed by atoms with Gasteiger partial charge in [-0.1, -0.05) is 25.5 Å². The minimum atomic E-state index is -0.431. The third-order valence-corrected chi connectivity index (χ3v) is 4.15. The fourth-order valence-electron chi connectivity index (χ4n) is 2.80. The molecule has 134 valence electrons. The van der Waals surface area contributed by atoms with Crippen LogP contribution in [0.3, 0.4) is 0 Å². The van der Waals surface area contributed by atoms with Gasteiger partial charge in [-0.15, -0.1) is 0 Å². The zero-order valence-electron chi connectivity index (χ0n) is 15.2. The molecule has 0 aliphatic carbocycles. The standard InChI is InChI=1S/C20H26FN3O/c1-4-5-14-24(15-16-10-12-22-13-11-16)20(25)19(23(2)3)17-6-8-18(21)9-7-17/h6-13,19H,4-5,14-15H2,1-3H3. The smallest absolute Gasteiger partial charge is 0.244 e. The second-order valence-corrected chi connectivity index (χ2v) is 6.39. The molecular weight excluding hydrogens is 317 g/mol. The van der Waals surface area contributed by atoms with Crippen molar-refractivity contribution in [3.8, 4) is 0 Å². The first-order valence-corrected chi connectivity index (χ1v) is 8.62. The number of halogens is 1. The lowest BCUT2D eigenvalue weighted by Gasteiger charge is -2.31. The second kappa shape index (κ2) is 9.28. The van der Waals surface area contributed by atoms with Crippen LogP contribution in [-0.2, 0) is 11.3 Å². The van der Waals surface area contributed by atoms with Gasteiger partial charge in [0.15, 0.2) is 0 Å². The van der Waals surface area contributed by atoms with Crippen molar-refractivity contribution in [1.29, 1.82) is 0 Å². The summed E-state index contributed by atoms with van der Waals surface area (Å²) in [4.78, 5) is 21.0. The molecule has 1 aromatic heterocycles. The number of amides is 1. The number of unbranched alkanes of at least 4 members (excludes halogenated alkanes) is 1. The summed E-state index contributed by atoms with van der Waals surface area (Å²) in [6.45, 7) is 3.36. The van der Waals surface area contributed by atoms with Crippen LogP contribution in [0.4, 0.5) is 4.39 Å². The van der Waals surface area contributed by atoms with Gasteiger partial charge in [-0.25, -0.2) is 4.39 Å². The molecule has 1 unspecified atom stereocenters. The van der Waals surface area contributed by atoms with E-state index in [0.29, 0.717) is 13.1 Å². The van der Waals surface area contributed by atoms with Gasteiger partial charge in [0.05, 0.1) is 0 Å². The highest BCUT2D eigenvalue weighted by molar-refractivity contribution is 5.83. The van der Waals surface area contributed by atoms with Gasteiger partial charge in [-0.05, 0) is 55.9 Å². The van der Waals surface area contributed by atoms with Crippen LogP contribution in [-0.4, -0.2) is 41.3 Å². The van der Waals surface area contributed by atoms with E-state index in [1.807, 2.05) is 36.0 Å². The molecule has 4 nitrogen and oxygen atoms in total. The molecule has 0 saturated carbocycles. The lowest BCUT2D eigenvalue weighted by Crippen LogP contribution is -2.40. The van der Waals surface area contributed by atoms with E-state index < -0.39 is 6.04 Å². The average molecular weight is 343 g/mol. The molecule has 2 rings (SSSR count). The number of nitrogens with zero attached hydrogens (tertiary/aromatic N) is 3.